The van der Waals surface area contributed by atoms with Crippen molar-refractivity contribution in [3.8, 4) is 0 Å². The van der Waals surface area contributed by atoms with Crippen molar-refractivity contribution in [2.24, 2.45) is 0 Å². The van der Waals surface area contributed by atoms with E-state index in [4.69, 9.17) is 4.74 Å². The Morgan fingerprint density at radius 2 is 2.11 bits per heavy atom. The SMILES string of the molecule is CNC(=O)C1CNCCN1CCN1CCOCC1. The molecule has 104 valence electrons. The van der Waals surface area contributed by atoms with Crippen molar-refractivity contribution in [3.05, 3.63) is 0 Å². The molecular weight excluding hydrogens is 232 g/mol. The number of morpholine rings is 1. The Hall–Kier alpha value is -0.690. The lowest BCUT2D eigenvalue weighted by molar-refractivity contribution is -0.126. The van der Waals surface area contributed by atoms with Crippen molar-refractivity contribution in [2.45, 2.75) is 6.04 Å². The number of piperazine rings is 1. The van der Waals surface area contributed by atoms with Gasteiger partial charge in [-0.25, -0.2) is 0 Å². The minimum atomic E-state index is -0.0233. The quantitative estimate of drug-likeness (QED) is 0.630. The molecule has 2 rings (SSSR count). The van der Waals surface area contributed by atoms with E-state index in [-0.39, 0.29) is 11.9 Å². The van der Waals surface area contributed by atoms with Crippen molar-refractivity contribution in [1.82, 2.24) is 20.4 Å². The maximum atomic E-state index is 11.8. The molecule has 0 bridgehead atoms. The number of hydrogen-bond donors (Lipinski definition) is 2. The molecule has 0 spiro atoms. The number of hydrogen-bond acceptors (Lipinski definition) is 5. The predicted octanol–water partition coefficient (Wildman–Crippen LogP) is -1.66. The molecule has 2 aliphatic heterocycles. The molecule has 0 aliphatic carbocycles. The van der Waals surface area contributed by atoms with Gasteiger partial charge in [0.1, 0.15) is 6.04 Å². The summed E-state index contributed by atoms with van der Waals surface area (Å²) >= 11 is 0. The molecule has 0 aromatic heterocycles. The third kappa shape index (κ3) is 3.65. The zero-order valence-corrected chi connectivity index (χ0v) is 11.2. The standard InChI is InChI=1S/C12H24N4O2/c1-13-12(17)11-10-14-2-3-16(11)5-4-15-6-8-18-9-7-15/h11,14H,2-10H2,1H3,(H,13,17). The predicted molar refractivity (Wildman–Crippen MR) is 69.6 cm³/mol. The second-order valence-electron chi connectivity index (χ2n) is 4.82. The summed E-state index contributed by atoms with van der Waals surface area (Å²) in [4.78, 5) is 16.5. The maximum Gasteiger partial charge on any atom is 0.238 e. The van der Waals surface area contributed by atoms with Crippen molar-refractivity contribution in [3.63, 3.8) is 0 Å². The van der Waals surface area contributed by atoms with Gasteiger partial charge in [0.2, 0.25) is 5.91 Å². The van der Waals surface area contributed by atoms with Gasteiger partial charge < -0.3 is 15.4 Å². The molecule has 2 fully saturated rings. The van der Waals surface area contributed by atoms with Gasteiger partial charge in [0, 0.05) is 52.9 Å². The van der Waals surface area contributed by atoms with E-state index in [0.717, 1.165) is 59.0 Å². The van der Waals surface area contributed by atoms with Crippen LogP contribution in [0.2, 0.25) is 0 Å². The lowest BCUT2D eigenvalue weighted by Gasteiger charge is -2.36. The monoisotopic (exact) mass is 256 g/mol. The van der Waals surface area contributed by atoms with Crippen LogP contribution in [0.5, 0.6) is 0 Å². The van der Waals surface area contributed by atoms with Gasteiger partial charge in [-0.3, -0.25) is 14.6 Å². The van der Waals surface area contributed by atoms with Crippen LogP contribution in [0.25, 0.3) is 0 Å². The Morgan fingerprint density at radius 1 is 1.33 bits per heavy atom. The average molecular weight is 256 g/mol. The fourth-order valence-electron chi connectivity index (χ4n) is 2.53. The minimum Gasteiger partial charge on any atom is -0.379 e. The van der Waals surface area contributed by atoms with Gasteiger partial charge in [0.15, 0.2) is 0 Å². The second kappa shape index (κ2) is 7.04. The minimum absolute atomic E-state index is 0.0233. The topological polar surface area (TPSA) is 56.8 Å². The highest BCUT2D eigenvalue weighted by Crippen LogP contribution is 2.05. The van der Waals surface area contributed by atoms with Gasteiger partial charge in [-0.2, -0.15) is 0 Å². The van der Waals surface area contributed by atoms with Crippen LogP contribution in [0.4, 0.5) is 0 Å². The lowest BCUT2D eigenvalue weighted by atomic mass is 10.1. The Labute approximate surface area is 109 Å². The van der Waals surface area contributed by atoms with Crippen LogP contribution in [0.3, 0.4) is 0 Å². The number of amides is 1. The molecule has 0 saturated carbocycles. The van der Waals surface area contributed by atoms with Gasteiger partial charge in [-0.15, -0.1) is 0 Å². The van der Waals surface area contributed by atoms with E-state index in [9.17, 15) is 4.79 Å². The average Bonchev–Trinajstić information content (AvgIpc) is 2.45. The van der Waals surface area contributed by atoms with Gasteiger partial charge in [-0.1, -0.05) is 0 Å². The highest BCUT2D eigenvalue weighted by atomic mass is 16.5. The normalized spacial score (nSPS) is 27.1. The van der Waals surface area contributed by atoms with E-state index >= 15 is 0 Å². The third-order valence-corrected chi connectivity index (χ3v) is 3.71. The van der Waals surface area contributed by atoms with Crippen LogP contribution in [-0.2, 0) is 9.53 Å². The van der Waals surface area contributed by atoms with Crippen molar-refractivity contribution >= 4 is 5.91 Å². The summed E-state index contributed by atoms with van der Waals surface area (Å²) in [5, 5.41) is 6.03. The van der Waals surface area contributed by atoms with E-state index in [1.54, 1.807) is 7.05 Å². The molecule has 2 aliphatic rings. The molecule has 2 saturated heterocycles. The summed E-state index contributed by atoms with van der Waals surface area (Å²) in [7, 11) is 1.71. The smallest absolute Gasteiger partial charge is 0.238 e. The van der Waals surface area contributed by atoms with Crippen molar-refractivity contribution in [2.75, 3.05) is 66.1 Å². The molecule has 1 amide bonds. The molecule has 6 heteroatoms. The number of nitrogens with zero attached hydrogens (tertiary/aromatic N) is 2. The number of likely N-dealkylation sites (N-methyl/N-ethyl adjacent to an activating group) is 1. The summed E-state index contributed by atoms with van der Waals surface area (Å²) in [6.45, 7) is 8.34. The zero-order valence-electron chi connectivity index (χ0n) is 11.2. The van der Waals surface area contributed by atoms with Gasteiger partial charge in [0.05, 0.1) is 13.2 Å². The second-order valence-corrected chi connectivity index (χ2v) is 4.82. The highest BCUT2D eigenvalue weighted by Gasteiger charge is 2.27. The van der Waals surface area contributed by atoms with E-state index in [1.165, 1.54) is 0 Å². The summed E-state index contributed by atoms with van der Waals surface area (Å²) in [6, 6.07) is -0.0233. The molecule has 0 aromatic carbocycles. The Bertz CT molecular complexity index is 269. The Kier molecular flexibility index (Phi) is 5.37. The van der Waals surface area contributed by atoms with Gasteiger partial charge >= 0.3 is 0 Å². The van der Waals surface area contributed by atoms with Crippen LogP contribution in [0.15, 0.2) is 0 Å². The maximum absolute atomic E-state index is 11.8. The first-order valence-corrected chi connectivity index (χ1v) is 6.77. The summed E-state index contributed by atoms with van der Waals surface area (Å²) in [5.41, 5.74) is 0. The molecule has 18 heavy (non-hydrogen) atoms. The summed E-state index contributed by atoms with van der Waals surface area (Å²) in [6.07, 6.45) is 0. The van der Waals surface area contributed by atoms with Crippen LogP contribution in [0.1, 0.15) is 0 Å². The van der Waals surface area contributed by atoms with Crippen LogP contribution in [0, 0.1) is 0 Å². The summed E-state index contributed by atoms with van der Waals surface area (Å²) < 4.78 is 5.34. The zero-order chi connectivity index (χ0) is 12.8. The fraction of sp³-hybridized carbons (Fsp3) is 0.917. The first-order valence-electron chi connectivity index (χ1n) is 6.77. The molecule has 2 heterocycles. The number of nitrogens with one attached hydrogen (secondary N) is 2. The van der Waals surface area contributed by atoms with Crippen molar-refractivity contribution < 1.29 is 9.53 Å². The molecule has 6 nitrogen and oxygen atoms in total. The molecule has 1 unspecified atom stereocenters. The van der Waals surface area contributed by atoms with Crippen LogP contribution < -0.4 is 10.6 Å². The number of carbonyl (C=O) groups is 1. The van der Waals surface area contributed by atoms with E-state index in [1.807, 2.05) is 0 Å². The third-order valence-electron chi connectivity index (χ3n) is 3.71. The molecular formula is C12H24N4O2. The van der Waals surface area contributed by atoms with Gasteiger partial charge in [-0.05, 0) is 0 Å². The molecule has 2 N–H and O–H groups in total. The molecule has 0 radical (unpaired) electrons. The first-order chi connectivity index (χ1) is 8.81. The van der Waals surface area contributed by atoms with E-state index in [0.29, 0.717) is 0 Å². The van der Waals surface area contributed by atoms with Crippen LogP contribution in [-0.4, -0.2) is 87.8 Å². The number of carbonyl (C=O) groups excluding carboxylic acids is 1. The van der Waals surface area contributed by atoms with Crippen molar-refractivity contribution in [1.29, 1.82) is 0 Å². The van der Waals surface area contributed by atoms with Gasteiger partial charge in [0.25, 0.3) is 0 Å². The van der Waals surface area contributed by atoms with E-state index < -0.39 is 0 Å². The van der Waals surface area contributed by atoms with Crippen LogP contribution >= 0.6 is 0 Å². The largest absolute Gasteiger partial charge is 0.379 e. The number of ether oxygens (including phenoxy) is 1. The fourth-order valence-corrected chi connectivity index (χ4v) is 2.53. The number of rotatable bonds is 4. The summed E-state index contributed by atoms with van der Waals surface area (Å²) in [5.74, 6) is 0.115. The Balaban J connectivity index is 1.79. The first kappa shape index (κ1) is 13.7. The lowest BCUT2D eigenvalue weighted by Crippen LogP contribution is -2.58. The molecule has 1 atom stereocenters. The Morgan fingerprint density at radius 3 is 2.83 bits per heavy atom. The van der Waals surface area contributed by atoms with E-state index in [2.05, 4.69) is 20.4 Å². The molecule has 0 aromatic rings. The highest BCUT2D eigenvalue weighted by molar-refractivity contribution is 5.81.